The second-order valence-corrected chi connectivity index (χ2v) is 8.20. The molecule has 2 fully saturated rings. The standard InChI is InChI=1S/C20H27N3O5/c1-20(2,3)28-19(26)23-12-16(13-23)21-15-9-10-22(11-15)18(25)27-17(24)14-7-5-4-6-8-14/h4-8,15-16,21H,9-13H2,1-3H3/t15-/m0/s1. The zero-order valence-electron chi connectivity index (χ0n) is 16.5. The highest BCUT2D eigenvalue weighted by Gasteiger charge is 2.37. The normalized spacial score (nSPS) is 19.9. The van der Waals surface area contributed by atoms with Crippen LogP contribution in [0.15, 0.2) is 30.3 Å². The molecule has 2 aliphatic heterocycles. The van der Waals surface area contributed by atoms with E-state index in [1.165, 1.54) is 4.90 Å². The summed E-state index contributed by atoms with van der Waals surface area (Å²) in [5.41, 5.74) is -0.152. The van der Waals surface area contributed by atoms with E-state index in [1.54, 1.807) is 35.2 Å². The molecule has 1 atom stereocenters. The van der Waals surface area contributed by atoms with Gasteiger partial charge in [0, 0.05) is 38.3 Å². The summed E-state index contributed by atoms with van der Waals surface area (Å²) in [5.74, 6) is -0.644. The first-order valence-corrected chi connectivity index (χ1v) is 9.51. The highest BCUT2D eigenvalue weighted by molar-refractivity contribution is 5.96. The van der Waals surface area contributed by atoms with Crippen LogP contribution in [-0.4, -0.2) is 71.8 Å². The molecule has 0 aromatic heterocycles. The highest BCUT2D eigenvalue weighted by atomic mass is 16.6. The fourth-order valence-electron chi connectivity index (χ4n) is 3.23. The van der Waals surface area contributed by atoms with E-state index in [-0.39, 0.29) is 18.2 Å². The number of esters is 1. The lowest BCUT2D eigenvalue weighted by Crippen LogP contribution is -2.62. The molecule has 0 spiro atoms. The molecule has 2 amide bonds. The number of nitrogens with zero attached hydrogens (tertiary/aromatic N) is 2. The summed E-state index contributed by atoms with van der Waals surface area (Å²) >= 11 is 0. The van der Waals surface area contributed by atoms with Gasteiger partial charge in [-0.05, 0) is 39.3 Å². The molecule has 8 heteroatoms. The number of ether oxygens (including phenoxy) is 2. The van der Waals surface area contributed by atoms with Crippen LogP contribution in [0.1, 0.15) is 37.6 Å². The minimum absolute atomic E-state index is 0.116. The van der Waals surface area contributed by atoms with Crippen molar-refractivity contribution in [1.82, 2.24) is 15.1 Å². The molecule has 0 aliphatic carbocycles. The summed E-state index contributed by atoms with van der Waals surface area (Å²) in [7, 11) is 0. The van der Waals surface area contributed by atoms with Crippen molar-refractivity contribution in [3.63, 3.8) is 0 Å². The minimum atomic E-state index is -0.644. The predicted octanol–water partition coefficient (Wildman–Crippen LogP) is 2.25. The maximum absolute atomic E-state index is 12.2. The summed E-state index contributed by atoms with van der Waals surface area (Å²) in [6.45, 7) is 7.70. The minimum Gasteiger partial charge on any atom is -0.444 e. The van der Waals surface area contributed by atoms with Gasteiger partial charge in [0.1, 0.15) is 5.60 Å². The molecule has 1 aromatic rings. The lowest BCUT2D eigenvalue weighted by atomic mass is 10.1. The van der Waals surface area contributed by atoms with Crippen LogP contribution in [0.2, 0.25) is 0 Å². The number of hydrogen-bond acceptors (Lipinski definition) is 6. The Labute approximate surface area is 164 Å². The van der Waals surface area contributed by atoms with Crippen molar-refractivity contribution in [2.45, 2.75) is 44.9 Å². The zero-order chi connectivity index (χ0) is 20.3. The van der Waals surface area contributed by atoms with Gasteiger partial charge in [0.2, 0.25) is 0 Å². The average molecular weight is 389 g/mol. The van der Waals surface area contributed by atoms with E-state index in [0.29, 0.717) is 31.7 Å². The number of nitrogens with one attached hydrogen (secondary N) is 1. The van der Waals surface area contributed by atoms with Crippen LogP contribution in [-0.2, 0) is 9.47 Å². The SMILES string of the molecule is CC(C)(C)OC(=O)N1CC(N[C@H]2CCN(C(=O)OC(=O)c3ccccc3)C2)C1. The molecule has 2 aliphatic rings. The Kier molecular flexibility index (Phi) is 5.88. The van der Waals surface area contributed by atoms with Crippen LogP contribution in [0.4, 0.5) is 9.59 Å². The maximum Gasteiger partial charge on any atom is 0.417 e. The molecule has 2 saturated heterocycles. The molecular weight excluding hydrogens is 362 g/mol. The van der Waals surface area contributed by atoms with Crippen LogP contribution < -0.4 is 5.32 Å². The summed E-state index contributed by atoms with van der Waals surface area (Å²) in [6, 6.07) is 8.74. The van der Waals surface area contributed by atoms with E-state index in [1.807, 2.05) is 20.8 Å². The van der Waals surface area contributed by atoms with Crippen molar-refractivity contribution in [2.75, 3.05) is 26.2 Å². The van der Waals surface area contributed by atoms with Crippen molar-refractivity contribution in [3.8, 4) is 0 Å². The zero-order valence-corrected chi connectivity index (χ0v) is 16.5. The van der Waals surface area contributed by atoms with Gasteiger partial charge in [-0.3, -0.25) is 0 Å². The lowest BCUT2D eigenvalue weighted by Gasteiger charge is -2.41. The van der Waals surface area contributed by atoms with E-state index in [4.69, 9.17) is 9.47 Å². The van der Waals surface area contributed by atoms with Gasteiger partial charge in [-0.15, -0.1) is 0 Å². The van der Waals surface area contributed by atoms with Crippen molar-refractivity contribution in [2.24, 2.45) is 0 Å². The van der Waals surface area contributed by atoms with Crippen LogP contribution in [0, 0.1) is 0 Å². The van der Waals surface area contributed by atoms with Gasteiger partial charge in [0.25, 0.3) is 0 Å². The molecule has 0 bridgehead atoms. The molecule has 0 unspecified atom stereocenters. The first-order valence-electron chi connectivity index (χ1n) is 9.51. The monoisotopic (exact) mass is 389 g/mol. The Morgan fingerprint density at radius 2 is 1.61 bits per heavy atom. The van der Waals surface area contributed by atoms with Gasteiger partial charge < -0.3 is 24.6 Å². The smallest absolute Gasteiger partial charge is 0.417 e. The van der Waals surface area contributed by atoms with Gasteiger partial charge in [0.15, 0.2) is 0 Å². The van der Waals surface area contributed by atoms with Crippen LogP contribution in [0.25, 0.3) is 0 Å². The summed E-state index contributed by atoms with van der Waals surface area (Å²) in [4.78, 5) is 39.3. The van der Waals surface area contributed by atoms with E-state index >= 15 is 0 Å². The molecule has 3 rings (SSSR count). The number of rotatable bonds is 3. The van der Waals surface area contributed by atoms with E-state index in [0.717, 1.165) is 6.42 Å². The van der Waals surface area contributed by atoms with Crippen molar-refractivity contribution >= 4 is 18.2 Å². The predicted molar refractivity (Wildman–Crippen MR) is 102 cm³/mol. The van der Waals surface area contributed by atoms with Crippen molar-refractivity contribution < 1.29 is 23.9 Å². The quantitative estimate of drug-likeness (QED) is 0.630. The molecule has 0 saturated carbocycles. The summed E-state index contributed by atoms with van der Waals surface area (Å²) in [5, 5.41) is 3.45. The Balaban J connectivity index is 1.38. The number of hydrogen-bond donors (Lipinski definition) is 1. The topological polar surface area (TPSA) is 88.2 Å². The van der Waals surface area contributed by atoms with E-state index in [9.17, 15) is 14.4 Å². The Bertz CT molecular complexity index is 725. The molecular formula is C20H27N3O5. The highest BCUT2D eigenvalue weighted by Crippen LogP contribution is 2.18. The third kappa shape index (κ3) is 5.22. The van der Waals surface area contributed by atoms with Crippen molar-refractivity contribution in [3.05, 3.63) is 35.9 Å². The van der Waals surface area contributed by atoms with E-state index in [2.05, 4.69) is 5.32 Å². The third-order valence-electron chi connectivity index (χ3n) is 4.64. The Hall–Kier alpha value is -2.61. The number of likely N-dealkylation sites (tertiary alicyclic amines) is 2. The van der Waals surface area contributed by atoms with Crippen LogP contribution in [0.3, 0.4) is 0 Å². The van der Waals surface area contributed by atoms with Gasteiger partial charge in [-0.2, -0.15) is 0 Å². The van der Waals surface area contributed by atoms with Crippen LogP contribution in [0.5, 0.6) is 0 Å². The number of carbonyl (C=O) groups excluding carboxylic acids is 3. The van der Waals surface area contributed by atoms with E-state index < -0.39 is 17.7 Å². The molecule has 8 nitrogen and oxygen atoms in total. The molecule has 152 valence electrons. The second kappa shape index (κ2) is 8.18. The molecule has 0 radical (unpaired) electrons. The number of carbonyl (C=O) groups is 3. The summed E-state index contributed by atoms with van der Waals surface area (Å²) in [6.07, 6.45) is -0.152. The van der Waals surface area contributed by atoms with Gasteiger partial charge in [0.05, 0.1) is 5.56 Å². The fraction of sp³-hybridized carbons (Fsp3) is 0.550. The van der Waals surface area contributed by atoms with Gasteiger partial charge in [-0.1, -0.05) is 18.2 Å². The largest absolute Gasteiger partial charge is 0.444 e. The average Bonchev–Trinajstić information content (AvgIpc) is 3.05. The third-order valence-corrected chi connectivity index (χ3v) is 4.64. The second-order valence-electron chi connectivity index (χ2n) is 8.20. The summed E-state index contributed by atoms with van der Waals surface area (Å²) < 4.78 is 10.3. The maximum atomic E-state index is 12.2. The molecule has 28 heavy (non-hydrogen) atoms. The molecule has 1 N–H and O–H groups in total. The first kappa shape index (κ1) is 20.1. The number of benzene rings is 1. The Morgan fingerprint density at radius 3 is 2.25 bits per heavy atom. The molecule has 1 aromatic carbocycles. The fourth-order valence-corrected chi connectivity index (χ4v) is 3.23. The van der Waals surface area contributed by atoms with Crippen LogP contribution >= 0.6 is 0 Å². The number of amides is 2. The molecule has 2 heterocycles. The Morgan fingerprint density at radius 1 is 0.964 bits per heavy atom. The van der Waals surface area contributed by atoms with Gasteiger partial charge >= 0.3 is 18.2 Å². The van der Waals surface area contributed by atoms with Gasteiger partial charge in [-0.25, -0.2) is 14.4 Å². The van der Waals surface area contributed by atoms with Crippen molar-refractivity contribution in [1.29, 1.82) is 0 Å². The first-order chi connectivity index (χ1) is 13.2. The lowest BCUT2D eigenvalue weighted by molar-refractivity contribution is 0.00431.